The summed E-state index contributed by atoms with van der Waals surface area (Å²) < 4.78 is 0. The van der Waals surface area contributed by atoms with Crippen LogP contribution >= 0.6 is 0 Å². The predicted octanol–water partition coefficient (Wildman–Crippen LogP) is 4.14. The van der Waals surface area contributed by atoms with Gasteiger partial charge in [-0.3, -0.25) is 20.2 Å². The number of anilines is 2. The Bertz CT molecular complexity index is 1360. The summed E-state index contributed by atoms with van der Waals surface area (Å²) in [5, 5.41) is 14.3. The van der Waals surface area contributed by atoms with Crippen molar-refractivity contribution in [2.75, 3.05) is 17.3 Å². The van der Waals surface area contributed by atoms with Gasteiger partial charge in [0.2, 0.25) is 0 Å². The van der Waals surface area contributed by atoms with Gasteiger partial charge >= 0.3 is 0 Å². The second kappa shape index (κ2) is 9.73. The molecule has 9 nitrogen and oxygen atoms in total. The summed E-state index contributed by atoms with van der Waals surface area (Å²) in [6, 6.07) is 9.33. The normalized spacial score (nSPS) is 13.1. The highest BCUT2D eigenvalue weighted by atomic mass is 16.1. The van der Waals surface area contributed by atoms with Crippen LogP contribution in [0, 0.1) is 25.2 Å². The fourth-order valence-electron chi connectivity index (χ4n) is 3.54. The first kappa shape index (κ1) is 23.6. The SMILES string of the molecule is Cc1cc(NC(=O)c2ccnc(C(C)(C)C#N)c2)cc(NN2CC=CN=C2c2cncnc2)c1C. The number of aryl methyl sites for hydroxylation is 1. The zero-order valence-corrected chi connectivity index (χ0v) is 20.1. The average molecular weight is 467 g/mol. The van der Waals surface area contributed by atoms with E-state index in [1.54, 1.807) is 50.8 Å². The van der Waals surface area contributed by atoms with E-state index in [1.807, 2.05) is 37.1 Å². The van der Waals surface area contributed by atoms with Crippen LogP contribution in [0.1, 0.15) is 46.6 Å². The fraction of sp³-hybridized carbons (Fsp3) is 0.231. The van der Waals surface area contributed by atoms with Gasteiger partial charge in [0.25, 0.3) is 5.91 Å². The molecule has 2 N–H and O–H groups in total. The third-order valence-electron chi connectivity index (χ3n) is 5.79. The molecule has 2 aromatic heterocycles. The van der Waals surface area contributed by atoms with Crippen molar-refractivity contribution in [3.8, 4) is 6.07 Å². The minimum Gasteiger partial charge on any atom is -0.322 e. The Morgan fingerprint density at radius 3 is 2.69 bits per heavy atom. The highest BCUT2D eigenvalue weighted by Crippen LogP contribution is 2.27. The molecule has 0 spiro atoms. The summed E-state index contributed by atoms with van der Waals surface area (Å²) >= 11 is 0. The molecule has 0 atom stereocenters. The molecular weight excluding hydrogens is 440 g/mol. The molecule has 4 rings (SSSR count). The number of hydrogen-bond donors (Lipinski definition) is 2. The second-order valence-electron chi connectivity index (χ2n) is 8.77. The van der Waals surface area contributed by atoms with Crippen molar-refractivity contribution in [3.63, 3.8) is 0 Å². The van der Waals surface area contributed by atoms with E-state index >= 15 is 0 Å². The number of aromatic nitrogens is 3. The van der Waals surface area contributed by atoms with Gasteiger partial charge in [-0.25, -0.2) is 15.0 Å². The van der Waals surface area contributed by atoms with Gasteiger partial charge in [-0.2, -0.15) is 5.26 Å². The number of benzene rings is 1. The first-order valence-electron chi connectivity index (χ1n) is 11.1. The summed E-state index contributed by atoms with van der Waals surface area (Å²) in [7, 11) is 0. The Hall–Kier alpha value is -4.58. The average Bonchev–Trinajstić information content (AvgIpc) is 2.88. The van der Waals surface area contributed by atoms with Gasteiger partial charge in [0, 0.05) is 36.0 Å². The van der Waals surface area contributed by atoms with E-state index in [1.165, 1.54) is 6.33 Å². The predicted molar refractivity (Wildman–Crippen MR) is 135 cm³/mol. The molecule has 1 aliphatic rings. The molecule has 1 amide bonds. The van der Waals surface area contributed by atoms with Crippen molar-refractivity contribution in [2.24, 2.45) is 4.99 Å². The van der Waals surface area contributed by atoms with Crippen LogP contribution in [-0.2, 0) is 5.41 Å². The number of hydrogen-bond acceptors (Lipinski definition) is 8. The minimum absolute atomic E-state index is 0.277. The van der Waals surface area contributed by atoms with Crippen LogP contribution in [0.2, 0.25) is 0 Å². The third-order valence-corrected chi connectivity index (χ3v) is 5.79. The first-order chi connectivity index (χ1) is 16.8. The third kappa shape index (κ3) is 5.17. The monoisotopic (exact) mass is 466 g/mol. The van der Waals surface area contributed by atoms with Gasteiger partial charge in [-0.05, 0) is 69.2 Å². The van der Waals surface area contributed by atoms with Crippen LogP contribution in [-0.4, -0.2) is 38.2 Å². The van der Waals surface area contributed by atoms with Crippen LogP contribution in [0.3, 0.4) is 0 Å². The minimum atomic E-state index is -0.792. The zero-order valence-electron chi connectivity index (χ0n) is 20.1. The topological polar surface area (TPSA) is 119 Å². The molecule has 0 saturated heterocycles. The summed E-state index contributed by atoms with van der Waals surface area (Å²) in [6.07, 6.45) is 10.2. The van der Waals surface area contributed by atoms with Gasteiger partial charge < -0.3 is 5.32 Å². The van der Waals surface area contributed by atoms with Gasteiger partial charge in [0.1, 0.15) is 6.33 Å². The fourth-order valence-corrected chi connectivity index (χ4v) is 3.54. The number of pyridine rings is 1. The highest BCUT2D eigenvalue weighted by molar-refractivity contribution is 6.05. The van der Waals surface area contributed by atoms with Crippen molar-refractivity contribution < 1.29 is 4.79 Å². The number of hydrazine groups is 1. The molecule has 0 unspecified atom stereocenters. The molecule has 176 valence electrons. The zero-order chi connectivity index (χ0) is 25.0. The van der Waals surface area contributed by atoms with Crippen LogP contribution in [0.25, 0.3) is 0 Å². The molecule has 0 fully saturated rings. The van der Waals surface area contributed by atoms with Gasteiger partial charge in [-0.15, -0.1) is 0 Å². The van der Waals surface area contributed by atoms with Gasteiger partial charge in [0.05, 0.1) is 35.0 Å². The van der Waals surface area contributed by atoms with Crippen LogP contribution in [0.15, 0.2) is 66.5 Å². The molecule has 3 heterocycles. The molecule has 3 aromatic rings. The van der Waals surface area contributed by atoms with Crippen LogP contribution in [0.5, 0.6) is 0 Å². The summed E-state index contributed by atoms with van der Waals surface area (Å²) in [5.41, 5.74) is 7.95. The van der Waals surface area contributed by atoms with Gasteiger partial charge in [0.15, 0.2) is 5.84 Å². The maximum atomic E-state index is 13.0. The van der Waals surface area contributed by atoms with Crippen molar-refractivity contribution in [3.05, 3.63) is 89.4 Å². The van der Waals surface area contributed by atoms with E-state index in [-0.39, 0.29) is 5.91 Å². The molecule has 9 heteroatoms. The largest absolute Gasteiger partial charge is 0.322 e. The number of carbonyl (C=O) groups excluding carboxylic acids is 1. The smallest absolute Gasteiger partial charge is 0.255 e. The number of aliphatic imine (C=N–C) groups is 1. The molecule has 0 radical (unpaired) electrons. The van der Waals surface area contributed by atoms with Crippen LogP contribution < -0.4 is 10.7 Å². The summed E-state index contributed by atoms with van der Waals surface area (Å²) in [6.45, 7) is 8.15. The Balaban J connectivity index is 1.58. The standard InChI is InChI=1S/C26H26N8O/c1-17-10-21(32-25(35)19-6-8-30-23(11-19)26(3,4)15-27)12-22(18(17)2)33-34-9-5-7-31-24(34)20-13-28-16-29-14-20/h5-8,10-14,16,33H,9H2,1-4H3,(H,32,35). The van der Waals surface area contributed by atoms with Crippen molar-refractivity contribution in [1.29, 1.82) is 5.26 Å². The summed E-state index contributed by atoms with van der Waals surface area (Å²) in [5.74, 6) is 0.421. The van der Waals surface area contributed by atoms with E-state index in [2.05, 4.69) is 36.8 Å². The molecule has 0 bridgehead atoms. The quantitative estimate of drug-likeness (QED) is 0.560. The number of nitrogens with zero attached hydrogens (tertiary/aromatic N) is 6. The Labute approximate surface area is 204 Å². The van der Waals surface area contributed by atoms with Crippen molar-refractivity contribution in [1.82, 2.24) is 20.0 Å². The molecular formula is C26H26N8O. The molecule has 35 heavy (non-hydrogen) atoms. The molecule has 1 aromatic carbocycles. The highest BCUT2D eigenvalue weighted by Gasteiger charge is 2.23. The van der Waals surface area contributed by atoms with E-state index in [0.29, 0.717) is 29.3 Å². The number of nitriles is 1. The Morgan fingerprint density at radius 2 is 1.94 bits per heavy atom. The summed E-state index contributed by atoms with van der Waals surface area (Å²) in [4.78, 5) is 30.0. The van der Waals surface area contributed by atoms with Gasteiger partial charge in [-0.1, -0.05) is 0 Å². The number of amides is 1. The lowest BCUT2D eigenvalue weighted by atomic mass is 9.90. The Kier molecular flexibility index (Phi) is 6.55. The molecule has 0 saturated carbocycles. The maximum Gasteiger partial charge on any atom is 0.255 e. The first-order valence-corrected chi connectivity index (χ1v) is 11.1. The molecule has 1 aliphatic heterocycles. The van der Waals surface area contributed by atoms with E-state index in [4.69, 9.17) is 0 Å². The number of rotatable bonds is 6. The van der Waals surface area contributed by atoms with Crippen molar-refractivity contribution >= 4 is 23.1 Å². The van der Waals surface area contributed by atoms with E-state index in [9.17, 15) is 10.1 Å². The molecule has 0 aliphatic carbocycles. The second-order valence-corrected chi connectivity index (χ2v) is 8.77. The maximum absolute atomic E-state index is 13.0. The lowest BCUT2D eigenvalue weighted by Crippen LogP contribution is -2.38. The van der Waals surface area contributed by atoms with Crippen LogP contribution in [0.4, 0.5) is 11.4 Å². The lowest BCUT2D eigenvalue weighted by molar-refractivity contribution is 0.102. The van der Waals surface area contributed by atoms with E-state index < -0.39 is 5.41 Å². The Morgan fingerprint density at radius 1 is 1.17 bits per heavy atom. The van der Waals surface area contributed by atoms with Crippen molar-refractivity contribution in [2.45, 2.75) is 33.1 Å². The van der Waals surface area contributed by atoms with E-state index in [0.717, 1.165) is 22.4 Å². The lowest BCUT2D eigenvalue weighted by Gasteiger charge is -2.29. The number of amidine groups is 1. The number of nitrogens with one attached hydrogen (secondary N) is 2. The number of carbonyl (C=O) groups is 1.